The smallest absolute Gasteiger partial charge is 0.340 e. The summed E-state index contributed by atoms with van der Waals surface area (Å²) >= 11 is 0. The van der Waals surface area contributed by atoms with E-state index in [1.54, 1.807) is 6.07 Å². The van der Waals surface area contributed by atoms with Crippen LogP contribution in [0.3, 0.4) is 0 Å². The van der Waals surface area contributed by atoms with Crippen molar-refractivity contribution in [3.63, 3.8) is 0 Å². The van der Waals surface area contributed by atoms with Gasteiger partial charge in [0.1, 0.15) is 5.69 Å². The van der Waals surface area contributed by atoms with E-state index in [9.17, 15) is 31.1 Å². The molecule has 1 aliphatic rings. The summed E-state index contributed by atoms with van der Waals surface area (Å²) in [5.41, 5.74) is -0.201. The zero-order chi connectivity index (χ0) is 24.0. The number of aromatic amines is 1. The summed E-state index contributed by atoms with van der Waals surface area (Å²) in [6.07, 6.45) is -9.44. The first-order chi connectivity index (χ1) is 15.4. The van der Waals surface area contributed by atoms with Crippen LogP contribution in [0.25, 0.3) is 0 Å². The number of alkyl halides is 7. The third-order valence-electron chi connectivity index (χ3n) is 5.30. The van der Waals surface area contributed by atoms with Crippen LogP contribution in [-0.2, 0) is 25.3 Å². The molecule has 0 saturated carbocycles. The van der Waals surface area contributed by atoms with Crippen molar-refractivity contribution in [3.8, 4) is 0 Å². The molecule has 3 aromatic rings. The number of amides is 1. The van der Waals surface area contributed by atoms with Gasteiger partial charge in [0.25, 0.3) is 5.91 Å². The minimum atomic E-state index is -4.72. The van der Waals surface area contributed by atoms with Crippen molar-refractivity contribution >= 4 is 5.91 Å². The van der Waals surface area contributed by atoms with E-state index in [-0.39, 0.29) is 36.5 Å². The van der Waals surface area contributed by atoms with Crippen molar-refractivity contribution in [2.45, 2.75) is 31.5 Å². The molecule has 1 amide bonds. The first-order valence-corrected chi connectivity index (χ1v) is 9.65. The Morgan fingerprint density at radius 1 is 1.06 bits per heavy atom. The number of carbonyl (C=O) groups excluding carboxylic acids is 1. The van der Waals surface area contributed by atoms with Crippen LogP contribution in [0.4, 0.5) is 30.7 Å². The summed E-state index contributed by atoms with van der Waals surface area (Å²) in [6.45, 7) is 0.119. The summed E-state index contributed by atoms with van der Waals surface area (Å²) in [6, 6.07) is 6.40. The van der Waals surface area contributed by atoms with Gasteiger partial charge in [0.05, 0.1) is 11.3 Å². The molecule has 0 bridgehead atoms. The highest BCUT2D eigenvalue weighted by Gasteiger charge is 2.36. The number of hydrogen-bond acceptors (Lipinski definition) is 3. The van der Waals surface area contributed by atoms with Gasteiger partial charge in [-0.2, -0.15) is 26.3 Å². The first-order valence-electron chi connectivity index (χ1n) is 9.65. The molecule has 0 saturated heterocycles. The number of aromatic nitrogens is 3. The molecule has 3 heterocycles. The zero-order valence-corrected chi connectivity index (χ0v) is 16.6. The van der Waals surface area contributed by atoms with Crippen molar-refractivity contribution in [1.29, 1.82) is 0 Å². The maximum absolute atomic E-state index is 15.2. The number of nitrogens with one attached hydrogen (secondary N) is 1. The van der Waals surface area contributed by atoms with E-state index >= 15 is 4.39 Å². The van der Waals surface area contributed by atoms with E-state index in [1.807, 2.05) is 4.98 Å². The Morgan fingerprint density at radius 3 is 2.42 bits per heavy atom. The molecular weight excluding hydrogens is 457 g/mol. The van der Waals surface area contributed by atoms with E-state index < -0.39 is 35.8 Å². The molecule has 1 unspecified atom stereocenters. The van der Waals surface area contributed by atoms with Crippen LogP contribution in [0.2, 0.25) is 0 Å². The Morgan fingerprint density at radius 2 is 1.82 bits per heavy atom. The second-order valence-electron chi connectivity index (χ2n) is 7.43. The number of carbonyl (C=O) groups is 1. The summed E-state index contributed by atoms with van der Waals surface area (Å²) in [5.74, 6) is -1.99. The van der Waals surface area contributed by atoms with Crippen LogP contribution >= 0.6 is 0 Å². The molecule has 0 aliphatic carbocycles. The monoisotopic (exact) mass is 472 g/mol. The van der Waals surface area contributed by atoms with Gasteiger partial charge in [-0.3, -0.25) is 9.78 Å². The van der Waals surface area contributed by atoms with Gasteiger partial charge in [-0.25, -0.2) is 9.37 Å². The fourth-order valence-electron chi connectivity index (χ4n) is 3.67. The fraction of sp³-hybridized carbons (Fsp3) is 0.286. The van der Waals surface area contributed by atoms with Crippen LogP contribution in [0.1, 0.15) is 50.4 Å². The van der Waals surface area contributed by atoms with Gasteiger partial charge in [-0.15, -0.1) is 0 Å². The lowest BCUT2D eigenvalue weighted by Gasteiger charge is -2.30. The van der Waals surface area contributed by atoms with Crippen LogP contribution in [0.5, 0.6) is 0 Å². The van der Waals surface area contributed by atoms with Crippen molar-refractivity contribution in [2.24, 2.45) is 0 Å². The Hall–Kier alpha value is -3.44. The van der Waals surface area contributed by atoms with Gasteiger partial charge in [0.2, 0.25) is 5.82 Å². The lowest BCUT2D eigenvalue weighted by molar-refractivity contribution is -0.144. The number of rotatable bonds is 3. The molecular formula is C21H15F7N4O. The number of nitrogens with zero attached hydrogens (tertiary/aromatic N) is 3. The topological polar surface area (TPSA) is 61.9 Å². The number of hydrogen-bond donors (Lipinski definition) is 1. The highest BCUT2D eigenvalue weighted by atomic mass is 19.4. The number of imidazole rings is 1. The maximum atomic E-state index is 15.2. The van der Waals surface area contributed by atoms with Crippen molar-refractivity contribution in [3.05, 3.63) is 82.2 Å². The average Bonchev–Trinajstić information content (AvgIpc) is 3.28. The molecule has 0 spiro atoms. The minimum absolute atomic E-state index is 0.0172. The Balaban J connectivity index is 1.54. The summed E-state index contributed by atoms with van der Waals surface area (Å²) in [4.78, 5) is 22.7. The first kappa shape index (κ1) is 22.7. The standard InChI is InChI=1S/C21H15F7N4O/c22-17(15-5-4-12(8-29-15)20(23,24)25)14-3-1-2-11-10-32(7-6-13(11)14)18(33)16-9-30-19(31-16)21(26,27)28/h1-5,8-9,17H,6-7,10H2,(H,30,31). The molecule has 33 heavy (non-hydrogen) atoms. The van der Waals surface area contributed by atoms with E-state index in [1.165, 1.54) is 17.0 Å². The number of H-pyrrole nitrogens is 1. The highest BCUT2D eigenvalue weighted by molar-refractivity contribution is 5.92. The summed E-state index contributed by atoms with van der Waals surface area (Å²) < 4.78 is 91.5. The van der Waals surface area contributed by atoms with Crippen LogP contribution < -0.4 is 0 Å². The van der Waals surface area contributed by atoms with Crippen LogP contribution in [0.15, 0.2) is 42.7 Å². The number of halogens is 7. The Bertz CT molecular complexity index is 1170. The Labute approximate surface area is 182 Å². The second kappa shape index (κ2) is 8.16. The molecule has 174 valence electrons. The van der Waals surface area contributed by atoms with Crippen molar-refractivity contribution in [1.82, 2.24) is 19.9 Å². The largest absolute Gasteiger partial charge is 0.449 e. The van der Waals surface area contributed by atoms with E-state index in [2.05, 4.69) is 9.97 Å². The third-order valence-corrected chi connectivity index (χ3v) is 5.30. The fourth-order valence-corrected chi connectivity index (χ4v) is 3.67. The quantitative estimate of drug-likeness (QED) is 0.540. The third kappa shape index (κ3) is 4.55. The normalized spacial score (nSPS) is 15.3. The van der Waals surface area contributed by atoms with Crippen LogP contribution in [-0.4, -0.2) is 32.3 Å². The molecule has 1 atom stereocenters. The SMILES string of the molecule is O=C(c1c[nH]c(C(F)(F)F)n1)N1CCc2c(cccc2C(F)c2ccc(C(F)(F)F)cn2)C1. The second-order valence-corrected chi connectivity index (χ2v) is 7.43. The molecule has 0 radical (unpaired) electrons. The van der Waals surface area contributed by atoms with Gasteiger partial charge in [-0.1, -0.05) is 18.2 Å². The van der Waals surface area contributed by atoms with E-state index in [4.69, 9.17) is 0 Å². The van der Waals surface area contributed by atoms with E-state index in [0.29, 0.717) is 17.3 Å². The van der Waals surface area contributed by atoms with Gasteiger partial charge in [0.15, 0.2) is 6.17 Å². The van der Waals surface area contributed by atoms with Gasteiger partial charge < -0.3 is 9.88 Å². The molecule has 0 fully saturated rings. The van der Waals surface area contributed by atoms with Gasteiger partial charge >= 0.3 is 12.4 Å². The van der Waals surface area contributed by atoms with Gasteiger partial charge in [-0.05, 0) is 35.2 Å². The number of fused-ring (bicyclic) bond motifs is 1. The minimum Gasteiger partial charge on any atom is -0.340 e. The van der Waals surface area contributed by atoms with E-state index in [0.717, 1.165) is 18.3 Å². The molecule has 2 aromatic heterocycles. The lowest BCUT2D eigenvalue weighted by Crippen LogP contribution is -2.36. The number of pyridine rings is 1. The number of benzene rings is 1. The molecule has 5 nitrogen and oxygen atoms in total. The summed E-state index contributed by atoms with van der Waals surface area (Å²) in [5, 5.41) is 0. The highest BCUT2D eigenvalue weighted by Crippen LogP contribution is 2.34. The maximum Gasteiger partial charge on any atom is 0.449 e. The molecule has 12 heteroatoms. The lowest BCUT2D eigenvalue weighted by atomic mass is 9.91. The van der Waals surface area contributed by atoms with Gasteiger partial charge in [0, 0.05) is 25.5 Å². The molecule has 1 aliphatic heterocycles. The van der Waals surface area contributed by atoms with Crippen molar-refractivity contribution in [2.75, 3.05) is 6.54 Å². The van der Waals surface area contributed by atoms with Crippen LogP contribution in [0, 0.1) is 0 Å². The summed E-state index contributed by atoms with van der Waals surface area (Å²) in [7, 11) is 0. The van der Waals surface area contributed by atoms with Crippen molar-refractivity contribution < 1.29 is 35.5 Å². The molecule has 1 N–H and O–H groups in total. The predicted molar refractivity (Wildman–Crippen MR) is 101 cm³/mol. The predicted octanol–water partition coefficient (Wildman–Crippen LogP) is 5.10. The zero-order valence-electron chi connectivity index (χ0n) is 16.6. The Kier molecular flexibility index (Phi) is 5.62. The molecule has 1 aromatic carbocycles. The average molecular weight is 472 g/mol. The molecule has 4 rings (SSSR count).